The van der Waals surface area contributed by atoms with Gasteiger partial charge in [-0.15, -0.1) is 0 Å². The molecule has 0 heterocycles. The maximum atomic E-state index is 11.7. The maximum Gasteiger partial charge on any atom is 2.00 e. The van der Waals surface area contributed by atoms with E-state index in [2.05, 4.69) is 61.1 Å². The van der Waals surface area contributed by atoms with Gasteiger partial charge >= 0.3 is 19.5 Å². The van der Waals surface area contributed by atoms with E-state index < -0.39 is 24.0 Å². The van der Waals surface area contributed by atoms with E-state index in [9.17, 15) is 29.4 Å². The summed E-state index contributed by atoms with van der Waals surface area (Å²) in [7, 11) is 0. The van der Waals surface area contributed by atoms with Crippen molar-refractivity contribution < 1.29 is 48.9 Å². The Morgan fingerprint density at radius 1 is 0.634 bits per heavy atom. The molecule has 0 aromatic rings. The SMILES string of the molecule is CSCC[C@H](NC(=O)CCCCC(S)CCS)C(=O)[O-].CSCC[C@H](NC(=O)CCCCC(S)CCS)C(=O)[O-].[Zn+2]. The summed E-state index contributed by atoms with van der Waals surface area (Å²) < 4.78 is 0. The number of carbonyl (C=O) groups excluding carboxylic acids is 4. The van der Waals surface area contributed by atoms with Gasteiger partial charge in [-0.2, -0.15) is 74.0 Å². The Hall–Kier alpha value is 0.603. The number of rotatable bonds is 24. The second-order valence-electron chi connectivity index (χ2n) is 9.26. The number of hydrogen-bond acceptors (Lipinski definition) is 12. The first kappa shape index (κ1) is 46.0. The Morgan fingerprint density at radius 3 is 1.24 bits per heavy atom. The second kappa shape index (κ2) is 32.0. The van der Waals surface area contributed by atoms with Gasteiger partial charge in [0.05, 0.1) is 24.0 Å². The summed E-state index contributed by atoms with van der Waals surface area (Å²) >= 11 is 20.2. The Bertz CT molecular complexity index is 643. The van der Waals surface area contributed by atoms with E-state index in [1.165, 1.54) is 0 Å². The zero-order valence-electron chi connectivity index (χ0n) is 24.4. The van der Waals surface area contributed by atoms with Gasteiger partial charge in [0.2, 0.25) is 11.8 Å². The normalized spacial score (nSPS) is 13.4. The largest absolute Gasteiger partial charge is 2.00 e. The molecule has 8 nitrogen and oxygen atoms in total. The van der Waals surface area contributed by atoms with Crippen LogP contribution in [-0.2, 0) is 38.7 Å². The average molecular weight is 742 g/mol. The molecule has 0 rings (SSSR count). The molecule has 0 bridgehead atoms. The minimum atomic E-state index is -1.21. The molecule has 0 aromatic carbocycles. The average Bonchev–Trinajstić information content (AvgIpc) is 2.89. The minimum absolute atomic E-state index is 0. The van der Waals surface area contributed by atoms with Crippen molar-refractivity contribution in [3.05, 3.63) is 0 Å². The molecule has 0 aliphatic heterocycles. The first-order valence-electron chi connectivity index (χ1n) is 13.6. The van der Waals surface area contributed by atoms with Crippen molar-refractivity contribution in [1.29, 1.82) is 0 Å². The molecule has 4 atom stereocenters. The molecule has 0 radical (unpaired) electrons. The van der Waals surface area contributed by atoms with Crippen LogP contribution in [0.1, 0.15) is 77.0 Å². The van der Waals surface area contributed by atoms with Crippen molar-refractivity contribution in [1.82, 2.24) is 10.6 Å². The van der Waals surface area contributed by atoms with Crippen molar-refractivity contribution in [2.45, 2.75) is 99.6 Å². The molecule has 41 heavy (non-hydrogen) atoms. The van der Waals surface area contributed by atoms with Crippen molar-refractivity contribution in [2.75, 3.05) is 35.5 Å². The van der Waals surface area contributed by atoms with Crippen molar-refractivity contribution in [3.63, 3.8) is 0 Å². The summed E-state index contributed by atoms with van der Waals surface area (Å²) in [5.41, 5.74) is 0. The molecule has 15 heteroatoms. The van der Waals surface area contributed by atoms with Gasteiger partial charge in [-0.25, -0.2) is 0 Å². The van der Waals surface area contributed by atoms with Gasteiger partial charge in [-0.3, -0.25) is 9.59 Å². The van der Waals surface area contributed by atoms with Gasteiger partial charge < -0.3 is 30.4 Å². The third-order valence-corrected chi connectivity index (χ3v) is 8.60. The van der Waals surface area contributed by atoms with Gasteiger partial charge in [0, 0.05) is 23.3 Å². The van der Waals surface area contributed by atoms with E-state index in [1.54, 1.807) is 23.5 Å². The Morgan fingerprint density at radius 2 is 0.976 bits per heavy atom. The summed E-state index contributed by atoms with van der Waals surface area (Å²) in [5, 5.41) is 27.5. The van der Waals surface area contributed by atoms with Crippen LogP contribution in [-0.4, -0.2) is 81.9 Å². The predicted octanol–water partition coefficient (Wildman–Crippen LogP) is 2.30. The Balaban J connectivity index is -0.000000688. The minimum Gasteiger partial charge on any atom is -0.548 e. The van der Waals surface area contributed by atoms with Crippen LogP contribution < -0.4 is 20.8 Å². The number of carbonyl (C=O) groups is 4. The summed E-state index contributed by atoms with van der Waals surface area (Å²) in [6, 6.07) is -1.76. The van der Waals surface area contributed by atoms with E-state index in [0.29, 0.717) is 47.7 Å². The fourth-order valence-corrected chi connectivity index (χ4v) is 6.02. The van der Waals surface area contributed by atoms with E-state index in [-0.39, 0.29) is 31.3 Å². The number of unbranched alkanes of at least 4 members (excludes halogenated alkanes) is 2. The zero-order chi connectivity index (χ0) is 30.8. The van der Waals surface area contributed by atoms with Crippen LogP contribution in [0.3, 0.4) is 0 Å². The fourth-order valence-electron chi connectivity index (χ4n) is 3.42. The number of amides is 2. The van der Waals surface area contributed by atoms with Crippen LogP contribution in [0.4, 0.5) is 0 Å². The molecule has 0 saturated heterocycles. The monoisotopic (exact) mass is 740 g/mol. The van der Waals surface area contributed by atoms with E-state index in [1.807, 2.05) is 12.5 Å². The van der Waals surface area contributed by atoms with Gasteiger partial charge in [0.15, 0.2) is 0 Å². The number of thioether (sulfide) groups is 2. The number of carboxylic acid groups (broad SMARTS) is 2. The van der Waals surface area contributed by atoms with Crippen LogP contribution in [0.15, 0.2) is 0 Å². The zero-order valence-corrected chi connectivity index (χ0v) is 32.6. The molecule has 2 amide bonds. The summed E-state index contributed by atoms with van der Waals surface area (Å²) in [5.74, 6) is 0.145. The summed E-state index contributed by atoms with van der Waals surface area (Å²) in [4.78, 5) is 45.1. The van der Waals surface area contributed by atoms with Crippen LogP contribution in [0.25, 0.3) is 0 Å². The molecule has 236 valence electrons. The summed E-state index contributed by atoms with van der Waals surface area (Å²) in [6.45, 7) is 0. The number of aliphatic carboxylic acids is 2. The van der Waals surface area contributed by atoms with E-state index >= 15 is 0 Å². The van der Waals surface area contributed by atoms with Crippen LogP contribution in [0.5, 0.6) is 0 Å². The fraction of sp³-hybridized carbons (Fsp3) is 0.846. The molecule has 0 aliphatic carbocycles. The number of carboxylic acids is 2. The first-order chi connectivity index (χ1) is 19.0. The quantitative estimate of drug-likeness (QED) is 0.0504. The molecule has 2 unspecified atom stereocenters. The summed E-state index contributed by atoms with van der Waals surface area (Å²) in [6.07, 6.45) is 12.4. The molecule has 0 aromatic heterocycles. The number of nitrogens with one attached hydrogen (secondary N) is 2. The molecular weight excluding hydrogens is 694 g/mol. The number of thiol groups is 4. The molecule has 2 N–H and O–H groups in total. The van der Waals surface area contributed by atoms with E-state index in [4.69, 9.17) is 0 Å². The first-order valence-corrected chi connectivity index (χ1v) is 18.7. The van der Waals surface area contributed by atoms with Crippen LogP contribution in [0.2, 0.25) is 0 Å². The van der Waals surface area contributed by atoms with Gasteiger partial charge in [-0.1, -0.05) is 12.8 Å². The Labute approximate surface area is 290 Å². The Kier molecular flexibility index (Phi) is 35.9. The predicted molar refractivity (Wildman–Crippen MR) is 179 cm³/mol. The number of hydrogen-bond donors (Lipinski definition) is 6. The van der Waals surface area contributed by atoms with Gasteiger partial charge in [-0.05, 0) is 86.9 Å². The standard InChI is InChI=1S/2C13H25NO3S3.Zn/c2*1-20-9-7-11(13(16)17)14-12(15)5-3-2-4-10(19)6-8-18;/h2*10-11,18-19H,2-9H2,1H3,(H,14,15)(H,16,17);/q;;+2/p-2/t2*10?,11-;/m00./s1. The molecule has 0 fully saturated rings. The van der Waals surface area contributed by atoms with Crippen molar-refractivity contribution >= 4 is 97.8 Å². The molecular formula is C26H48N2O6S6Zn. The van der Waals surface area contributed by atoms with Crippen LogP contribution >= 0.6 is 74.0 Å². The topological polar surface area (TPSA) is 138 Å². The van der Waals surface area contributed by atoms with Crippen molar-refractivity contribution in [3.8, 4) is 0 Å². The third-order valence-electron chi connectivity index (χ3n) is 5.77. The van der Waals surface area contributed by atoms with Gasteiger partial charge in [0.25, 0.3) is 0 Å². The van der Waals surface area contributed by atoms with Crippen molar-refractivity contribution in [2.24, 2.45) is 0 Å². The third kappa shape index (κ3) is 30.4. The van der Waals surface area contributed by atoms with Gasteiger partial charge in [0.1, 0.15) is 0 Å². The molecule has 0 aliphatic rings. The molecule has 0 saturated carbocycles. The smallest absolute Gasteiger partial charge is 0.548 e. The second-order valence-corrected chi connectivity index (χ2v) is 13.6. The maximum absolute atomic E-state index is 11.7. The molecule has 0 spiro atoms. The van der Waals surface area contributed by atoms with Crippen LogP contribution in [0, 0.1) is 0 Å². The van der Waals surface area contributed by atoms with E-state index in [0.717, 1.165) is 62.9 Å².